The molecule has 0 spiro atoms. The van der Waals surface area contributed by atoms with Crippen LogP contribution < -0.4 is 10.0 Å². The molecule has 8 heteroatoms. The van der Waals surface area contributed by atoms with Crippen LogP contribution in [-0.2, 0) is 37.2 Å². The number of ether oxygens (including phenoxy) is 1. The molecule has 0 saturated carbocycles. The molecule has 0 radical (unpaired) electrons. The van der Waals surface area contributed by atoms with Crippen molar-refractivity contribution < 1.29 is 22.7 Å². The number of nitrogens with one attached hydrogen (secondary N) is 2. The van der Waals surface area contributed by atoms with Crippen molar-refractivity contribution in [3.63, 3.8) is 0 Å². The number of methoxy groups -OCH3 is 1. The molecule has 0 fully saturated rings. The minimum atomic E-state index is -3.99. The lowest BCUT2D eigenvalue weighted by Crippen LogP contribution is -2.53. The third-order valence-electron chi connectivity index (χ3n) is 5.31. The number of carbonyl (C=O) groups is 2. The number of carbonyl (C=O) groups excluding carboxylic acids is 2. The monoisotopic (exact) mass is 480 g/mol. The van der Waals surface area contributed by atoms with E-state index >= 15 is 0 Å². The normalized spacial score (nSPS) is 13.0. The molecule has 2 atom stereocenters. The number of amides is 1. The Kier molecular flexibility index (Phi) is 8.56. The largest absolute Gasteiger partial charge is 0.467 e. The predicted molar refractivity (Wildman–Crippen MR) is 130 cm³/mol. The van der Waals surface area contributed by atoms with Gasteiger partial charge >= 0.3 is 5.97 Å². The molecule has 3 aromatic rings. The highest BCUT2D eigenvalue weighted by Crippen LogP contribution is 2.13. The van der Waals surface area contributed by atoms with Gasteiger partial charge in [0.2, 0.25) is 15.9 Å². The van der Waals surface area contributed by atoms with Crippen LogP contribution in [0.15, 0.2) is 89.8 Å². The number of sulfonamides is 1. The van der Waals surface area contributed by atoms with Gasteiger partial charge in [-0.3, -0.25) is 4.79 Å². The lowest BCUT2D eigenvalue weighted by molar-refractivity contribution is -0.145. The van der Waals surface area contributed by atoms with Gasteiger partial charge in [0.1, 0.15) is 12.1 Å². The second kappa shape index (κ2) is 11.6. The van der Waals surface area contributed by atoms with Crippen LogP contribution in [-0.4, -0.2) is 39.5 Å². The smallest absolute Gasteiger partial charge is 0.328 e. The van der Waals surface area contributed by atoms with Gasteiger partial charge in [0, 0.05) is 6.42 Å². The van der Waals surface area contributed by atoms with E-state index in [2.05, 4.69) is 10.0 Å². The van der Waals surface area contributed by atoms with E-state index in [1.165, 1.54) is 19.2 Å². The Morgan fingerprint density at radius 1 is 0.794 bits per heavy atom. The molecule has 34 heavy (non-hydrogen) atoms. The summed E-state index contributed by atoms with van der Waals surface area (Å²) in [6.07, 6.45) is 0.318. The summed E-state index contributed by atoms with van der Waals surface area (Å²) in [4.78, 5) is 25.7. The maximum atomic E-state index is 13.3. The molecular weight excluding hydrogens is 452 g/mol. The predicted octanol–water partition coefficient (Wildman–Crippen LogP) is 2.79. The molecule has 7 nitrogen and oxygen atoms in total. The highest BCUT2D eigenvalue weighted by atomic mass is 32.2. The highest BCUT2D eigenvalue weighted by Gasteiger charge is 2.30. The van der Waals surface area contributed by atoms with E-state index in [0.717, 1.165) is 16.7 Å². The minimum absolute atomic E-state index is 0.0535. The fourth-order valence-corrected chi connectivity index (χ4v) is 4.66. The number of hydrogen-bond acceptors (Lipinski definition) is 5. The molecule has 0 saturated heterocycles. The third-order valence-corrected chi connectivity index (χ3v) is 6.80. The Balaban J connectivity index is 1.85. The summed E-state index contributed by atoms with van der Waals surface area (Å²) >= 11 is 0. The first-order chi connectivity index (χ1) is 16.3. The highest BCUT2D eigenvalue weighted by molar-refractivity contribution is 7.89. The van der Waals surface area contributed by atoms with Crippen molar-refractivity contribution in [3.8, 4) is 0 Å². The van der Waals surface area contributed by atoms with Gasteiger partial charge in [0.15, 0.2) is 0 Å². The van der Waals surface area contributed by atoms with Crippen LogP contribution >= 0.6 is 0 Å². The molecule has 0 aliphatic heterocycles. The average molecular weight is 481 g/mol. The minimum Gasteiger partial charge on any atom is -0.467 e. The second-order valence-corrected chi connectivity index (χ2v) is 9.66. The molecule has 2 N–H and O–H groups in total. The zero-order valence-electron chi connectivity index (χ0n) is 19.1. The standard InChI is InChI=1S/C26H28N2O5S/c1-19-13-15-22(16-14-19)34(31,32)28-23(17-20-9-5-3-6-10-20)25(29)27-24(26(30)33-2)18-21-11-7-4-8-12-21/h3-16,23-24,28H,17-18H2,1-2H3,(H,27,29)/t23-,24-/m0/s1. The first-order valence-corrected chi connectivity index (χ1v) is 12.3. The van der Waals surface area contributed by atoms with Gasteiger partial charge < -0.3 is 10.1 Å². The van der Waals surface area contributed by atoms with Crippen LogP contribution in [0.25, 0.3) is 0 Å². The number of hydrogen-bond donors (Lipinski definition) is 2. The number of benzene rings is 3. The Morgan fingerprint density at radius 2 is 1.29 bits per heavy atom. The molecule has 3 rings (SSSR count). The second-order valence-electron chi connectivity index (χ2n) is 7.95. The molecule has 3 aromatic carbocycles. The van der Waals surface area contributed by atoms with Gasteiger partial charge in [-0.2, -0.15) is 4.72 Å². The summed E-state index contributed by atoms with van der Waals surface area (Å²) < 4.78 is 33.4. The van der Waals surface area contributed by atoms with Crippen molar-refractivity contribution in [3.05, 3.63) is 102 Å². The molecule has 0 aromatic heterocycles. The lowest BCUT2D eigenvalue weighted by Gasteiger charge is -2.22. The Hall–Kier alpha value is -3.49. The summed E-state index contributed by atoms with van der Waals surface area (Å²) in [7, 11) is -2.74. The van der Waals surface area contributed by atoms with Crippen LogP contribution in [0.5, 0.6) is 0 Å². The Morgan fingerprint density at radius 3 is 1.79 bits per heavy atom. The maximum Gasteiger partial charge on any atom is 0.328 e. The fourth-order valence-electron chi connectivity index (χ4n) is 3.47. The van der Waals surface area contributed by atoms with E-state index in [-0.39, 0.29) is 17.7 Å². The van der Waals surface area contributed by atoms with Crippen LogP contribution in [0.4, 0.5) is 0 Å². The average Bonchev–Trinajstić information content (AvgIpc) is 2.84. The molecule has 0 aliphatic rings. The summed E-state index contributed by atoms with van der Waals surface area (Å²) in [5, 5.41) is 2.68. The summed E-state index contributed by atoms with van der Waals surface area (Å²) in [6, 6.07) is 22.5. The Bertz CT molecular complexity index is 1200. The third kappa shape index (κ3) is 7.00. The van der Waals surface area contributed by atoms with E-state index in [4.69, 9.17) is 4.74 Å². The van der Waals surface area contributed by atoms with E-state index in [0.29, 0.717) is 0 Å². The molecular formula is C26H28N2O5S. The van der Waals surface area contributed by atoms with Gasteiger partial charge in [-0.15, -0.1) is 0 Å². The van der Waals surface area contributed by atoms with E-state index in [9.17, 15) is 18.0 Å². The quantitative estimate of drug-likeness (QED) is 0.435. The SMILES string of the molecule is COC(=O)[C@H](Cc1ccccc1)NC(=O)[C@H](Cc1ccccc1)NS(=O)(=O)c1ccc(C)cc1. The van der Waals surface area contributed by atoms with Crippen LogP contribution in [0.2, 0.25) is 0 Å². The van der Waals surface area contributed by atoms with E-state index in [1.807, 2.05) is 67.6 Å². The van der Waals surface area contributed by atoms with Crippen molar-refractivity contribution in [1.29, 1.82) is 0 Å². The molecule has 0 heterocycles. The maximum absolute atomic E-state index is 13.3. The van der Waals surface area contributed by atoms with Gasteiger partial charge in [0.05, 0.1) is 12.0 Å². The lowest BCUT2D eigenvalue weighted by atomic mass is 10.0. The topological polar surface area (TPSA) is 102 Å². The zero-order chi connectivity index (χ0) is 24.6. The first-order valence-electron chi connectivity index (χ1n) is 10.8. The Labute approximate surface area is 200 Å². The molecule has 0 unspecified atom stereocenters. The van der Waals surface area contributed by atoms with Gasteiger partial charge in [-0.1, -0.05) is 78.4 Å². The number of aryl methyl sites for hydroxylation is 1. The van der Waals surface area contributed by atoms with Gasteiger partial charge in [0.25, 0.3) is 0 Å². The summed E-state index contributed by atoms with van der Waals surface area (Å²) in [6.45, 7) is 1.86. The van der Waals surface area contributed by atoms with Crippen LogP contribution in [0, 0.1) is 6.92 Å². The number of rotatable bonds is 10. The first kappa shape index (κ1) is 25.1. The van der Waals surface area contributed by atoms with Gasteiger partial charge in [-0.05, 0) is 36.6 Å². The van der Waals surface area contributed by atoms with E-state index < -0.39 is 34.0 Å². The number of esters is 1. The van der Waals surface area contributed by atoms with E-state index in [1.54, 1.807) is 12.1 Å². The molecule has 0 bridgehead atoms. The van der Waals surface area contributed by atoms with Crippen molar-refractivity contribution >= 4 is 21.9 Å². The molecule has 178 valence electrons. The van der Waals surface area contributed by atoms with Crippen molar-refractivity contribution in [1.82, 2.24) is 10.0 Å². The van der Waals surface area contributed by atoms with Crippen LogP contribution in [0.1, 0.15) is 16.7 Å². The van der Waals surface area contributed by atoms with Crippen molar-refractivity contribution in [2.45, 2.75) is 36.7 Å². The summed E-state index contributed by atoms with van der Waals surface area (Å²) in [5.74, 6) is -1.23. The zero-order valence-corrected chi connectivity index (χ0v) is 19.9. The summed E-state index contributed by atoms with van der Waals surface area (Å²) in [5.41, 5.74) is 2.52. The van der Waals surface area contributed by atoms with Crippen molar-refractivity contribution in [2.24, 2.45) is 0 Å². The molecule has 1 amide bonds. The van der Waals surface area contributed by atoms with Gasteiger partial charge in [-0.25, -0.2) is 13.2 Å². The van der Waals surface area contributed by atoms with Crippen molar-refractivity contribution in [2.75, 3.05) is 7.11 Å². The molecule has 0 aliphatic carbocycles. The van der Waals surface area contributed by atoms with Crippen LogP contribution in [0.3, 0.4) is 0 Å². The fraction of sp³-hybridized carbons (Fsp3) is 0.231.